The molecule has 0 saturated carbocycles. The Balaban J connectivity index is 2.85. The van der Waals surface area contributed by atoms with Crippen LogP contribution < -0.4 is 5.32 Å². The first kappa shape index (κ1) is 10.4. The van der Waals surface area contributed by atoms with Gasteiger partial charge in [-0.3, -0.25) is 4.79 Å². The number of rotatable bonds is 7. The highest BCUT2D eigenvalue weighted by Gasteiger charge is 1.95. The maximum absolute atomic E-state index is 9.75. The van der Waals surface area contributed by atoms with Crippen LogP contribution in [0.15, 0.2) is 0 Å². The summed E-state index contributed by atoms with van der Waals surface area (Å²) in [7, 11) is 0. The average Bonchev–Trinajstić information content (AvgIpc) is 1.96. The summed E-state index contributed by atoms with van der Waals surface area (Å²) in [4.78, 5) is 9.75. The number of carbonyl (C=O) groups excluding carboxylic acids is 1. The number of hydrogen-bond donors (Lipinski definition) is 3. The van der Waals surface area contributed by atoms with E-state index in [9.17, 15) is 4.79 Å². The average molecular weight is 161 g/mol. The molecule has 0 aliphatic carbocycles. The second-order valence-electron chi connectivity index (χ2n) is 2.40. The van der Waals surface area contributed by atoms with E-state index in [1.165, 1.54) is 0 Å². The summed E-state index contributed by atoms with van der Waals surface area (Å²) in [5.41, 5.74) is 0. The van der Waals surface area contributed by atoms with Crippen LogP contribution in [0.5, 0.6) is 0 Å². The summed E-state index contributed by atoms with van der Waals surface area (Å²) in [5.74, 6) is 0. The van der Waals surface area contributed by atoms with E-state index in [-0.39, 0.29) is 0 Å². The molecule has 0 aliphatic heterocycles. The maximum atomic E-state index is 9.75. The molecule has 0 aromatic carbocycles. The SMILES string of the molecule is O=CNCCCCCC(O)O. The third kappa shape index (κ3) is 9.39. The lowest BCUT2D eigenvalue weighted by molar-refractivity contribution is -0.109. The van der Waals surface area contributed by atoms with E-state index in [2.05, 4.69) is 5.32 Å². The highest BCUT2D eigenvalue weighted by atomic mass is 16.5. The van der Waals surface area contributed by atoms with Crippen molar-refractivity contribution in [3.05, 3.63) is 0 Å². The summed E-state index contributed by atoms with van der Waals surface area (Å²) in [6.45, 7) is 0.672. The van der Waals surface area contributed by atoms with Gasteiger partial charge in [0.15, 0.2) is 6.29 Å². The predicted octanol–water partition coefficient (Wildman–Crippen LogP) is -0.396. The number of carbonyl (C=O) groups is 1. The van der Waals surface area contributed by atoms with E-state index < -0.39 is 6.29 Å². The van der Waals surface area contributed by atoms with Crippen molar-refractivity contribution in [3.63, 3.8) is 0 Å². The van der Waals surface area contributed by atoms with Gasteiger partial charge in [-0.2, -0.15) is 0 Å². The van der Waals surface area contributed by atoms with Gasteiger partial charge in [0.2, 0.25) is 6.41 Å². The van der Waals surface area contributed by atoms with Crippen LogP contribution in [0.25, 0.3) is 0 Å². The molecular weight excluding hydrogens is 146 g/mol. The molecule has 4 heteroatoms. The molecule has 1 amide bonds. The van der Waals surface area contributed by atoms with E-state index in [4.69, 9.17) is 10.2 Å². The zero-order valence-electron chi connectivity index (χ0n) is 6.49. The van der Waals surface area contributed by atoms with Gasteiger partial charge in [0.1, 0.15) is 0 Å². The Labute approximate surface area is 66.2 Å². The van der Waals surface area contributed by atoms with Gasteiger partial charge in [-0.25, -0.2) is 0 Å². The molecule has 0 saturated heterocycles. The van der Waals surface area contributed by atoms with Gasteiger partial charge < -0.3 is 15.5 Å². The molecule has 11 heavy (non-hydrogen) atoms. The normalized spacial score (nSPS) is 10.1. The Kier molecular flexibility index (Phi) is 7.08. The highest BCUT2D eigenvalue weighted by Crippen LogP contribution is 2.00. The maximum Gasteiger partial charge on any atom is 0.207 e. The highest BCUT2D eigenvalue weighted by molar-refractivity contribution is 5.45. The molecule has 0 rings (SSSR count). The van der Waals surface area contributed by atoms with Gasteiger partial charge in [-0.05, 0) is 19.3 Å². The first-order chi connectivity index (χ1) is 5.27. The fourth-order valence-electron chi connectivity index (χ4n) is 0.790. The van der Waals surface area contributed by atoms with E-state index >= 15 is 0 Å². The quantitative estimate of drug-likeness (QED) is 0.270. The van der Waals surface area contributed by atoms with E-state index in [0.717, 1.165) is 19.3 Å². The number of nitrogens with one attached hydrogen (secondary N) is 1. The first-order valence-corrected chi connectivity index (χ1v) is 3.80. The van der Waals surface area contributed by atoms with Gasteiger partial charge in [0, 0.05) is 6.54 Å². The van der Waals surface area contributed by atoms with Crippen molar-refractivity contribution in [3.8, 4) is 0 Å². The molecule has 0 aromatic rings. The molecule has 0 spiro atoms. The number of aliphatic hydroxyl groups excluding tert-OH is 1. The smallest absolute Gasteiger partial charge is 0.207 e. The lowest BCUT2D eigenvalue weighted by Gasteiger charge is -2.02. The summed E-state index contributed by atoms with van der Waals surface area (Å²) in [6, 6.07) is 0. The van der Waals surface area contributed by atoms with Crippen LogP contribution in [-0.4, -0.2) is 29.5 Å². The lowest BCUT2D eigenvalue weighted by atomic mass is 10.2. The van der Waals surface area contributed by atoms with Gasteiger partial charge in [-0.1, -0.05) is 6.42 Å². The number of amides is 1. The monoisotopic (exact) mass is 161 g/mol. The number of aliphatic hydroxyl groups is 2. The van der Waals surface area contributed by atoms with Crippen molar-refractivity contribution in [2.45, 2.75) is 32.0 Å². The van der Waals surface area contributed by atoms with Crippen LogP contribution in [0.3, 0.4) is 0 Å². The zero-order valence-corrected chi connectivity index (χ0v) is 6.49. The van der Waals surface area contributed by atoms with Crippen LogP contribution >= 0.6 is 0 Å². The molecule has 0 bridgehead atoms. The minimum Gasteiger partial charge on any atom is -0.368 e. The van der Waals surface area contributed by atoms with Crippen molar-refractivity contribution in [1.29, 1.82) is 0 Å². The van der Waals surface area contributed by atoms with Crippen molar-refractivity contribution < 1.29 is 15.0 Å². The topological polar surface area (TPSA) is 69.6 Å². The zero-order chi connectivity index (χ0) is 8.53. The third-order valence-corrected chi connectivity index (χ3v) is 1.37. The minimum absolute atomic E-state index is 0.418. The largest absolute Gasteiger partial charge is 0.368 e. The molecule has 0 radical (unpaired) electrons. The Morgan fingerprint density at radius 3 is 2.55 bits per heavy atom. The molecular formula is C7H15NO3. The second kappa shape index (κ2) is 7.50. The number of hydrogen-bond acceptors (Lipinski definition) is 3. The Hall–Kier alpha value is -0.610. The third-order valence-electron chi connectivity index (χ3n) is 1.37. The van der Waals surface area contributed by atoms with Gasteiger partial charge in [-0.15, -0.1) is 0 Å². The molecule has 0 fully saturated rings. The molecule has 0 aromatic heterocycles. The van der Waals surface area contributed by atoms with Crippen LogP contribution in [0.2, 0.25) is 0 Å². The van der Waals surface area contributed by atoms with Gasteiger partial charge in [0.05, 0.1) is 0 Å². The number of unbranched alkanes of at least 4 members (excludes halogenated alkanes) is 2. The second-order valence-corrected chi connectivity index (χ2v) is 2.40. The molecule has 4 nitrogen and oxygen atoms in total. The van der Waals surface area contributed by atoms with Crippen molar-refractivity contribution in [2.75, 3.05) is 6.54 Å². The minimum atomic E-state index is -1.19. The molecule has 0 unspecified atom stereocenters. The summed E-state index contributed by atoms with van der Waals surface area (Å²) in [6.07, 6.45) is 2.50. The Morgan fingerprint density at radius 1 is 1.27 bits per heavy atom. The molecule has 0 aliphatic rings. The first-order valence-electron chi connectivity index (χ1n) is 3.80. The lowest BCUT2D eigenvalue weighted by Crippen LogP contribution is -2.12. The van der Waals surface area contributed by atoms with Crippen LogP contribution in [-0.2, 0) is 4.79 Å². The fourth-order valence-corrected chi connectivity index (χ4v) is 0.790. The van der Waals surface area contributed by atoms with E-state index in [0.29, 0.717) is 19.4 Å². The molecule has 3 N–H and O–H groups in total. The molecule has 0 heterocycles. The van der Waals surface area contributed by atoms with Gasteiger partial charge >= 0.3 is 0 Å². The van der Waals surface area contributed by atoms with E-state index in [1.54, 1.807) is 0 Å². The summed E-state index contributed by atoms with van der Waals surface area (Å²) < 4.78 is 0. The van der Waals surface area contributed by atoms with Crippen LogP contribution in [0.1, 0.15) is 25.7 Å². The Morgan fingerprint density at radius 2 is 2.00 bits per heavy atom. The predicted molar refractivity (Wildman–Crippen MR) is 40.8 cm³/mol. The molecule has 66 valence electrons. The van der Waals surface area contributed by atoms with Crippen molar-refractivity contribution >= 4 is 6.41 Å². The van der Waals surface area contributed by atoms with Crippen LogP contribution in [0, 0.1) is 0 Å². The standard InChI is InChI=1S/C7H15NO3/c9-6-8-5-3-1-2-4-7(10)11/h6-7,10-11H,1-5H2,(H,8,9). The Bertz CT molecular complexity index is 95.7. The van der Waals surface area contributed by atoms with Crippen molar-refractivity contribution in [2.24, 2.45) is 0 Å². The van der Waals surface area contributed by atoms with Gasteiger partial charge in [0.25, 0.3) is 0 Å². The molecule has 0 atom stereocenters. The van der Waals surface area contributed by atoms with Crippen molar-refractivity contribution in [1.82, 2.24) is 5.32 Å². The summed E-state index contributed by atoms with van der Waals surface area (Å²) in [5, 5.41) is 19.4. The summed E-state index contributed by atoms with van der Waals surface area (Å²) >= 11 is 0. The fraction of sp³-hybridized carbons (Fsp3) is 0.857. The van der Waals surface area contributed by atoms with Crippen LogP contribution in [0.4, 0.5) is 0 Å². The van der Waals surface area contributed by atoms with E-state index in [1.807, 2.05) is 0 Å².